The summed E-state index contributed by atoms with van der Waals surface area (Å²) in [6, 6.07) is 13.5. The van der Waals surface area contributed by atoms with Crippen molar-refractivity contribution < 1.29 is 0 Å². The average molecular weight is 238 g/mol. The maximum atomic E-state index is 2.31. The molecule has 0 aromatic heterocycles. The normalized spacial score (nSPS) is 10.6. The molecule has 0 aliphatic heterocycles. The van der Waals surface area contributed by atoms with Crippen molar-refractivity contribution in [2.45, 2.75) is 27.7 Å². The molecule has 0 saturated carbocycles. The third kappa shape index (κ3) is 3.07. The van der Waals surface area contributed by atoms with E-state index in [1.165, 1.54) is 32.6 Å². The van der Waals surface area contributed by atoms with Gasteiger partial charge < -0.3 is 0 Å². The summed E-state index contributed by atoms with van der Waals surface area (Å²) in [5.41, 5.74) is 5.46. The van der Waals surface area contributed by atoms with Crippen molar-refractivity contribution in [3.8, 4) is 0 Å². The Balaban J connectivity index is 2.34. The van der Waals surface area contributed by atoms with Crippen LogP contribution in [-0.2, 0) is 0 Å². The molecule has 2 aromatic carbocycles. The van der Waals surface area contributed by atoms with Gasteiger partial charge in [-0.15, -0.1) is 0 Å². The highest BCUT2D eigenvalue weighted by molar-refractivity contribution is 6.67. The third-order valence-electron chi connectivity index (χ3n) is 2.89. The van der Waals surface area contributed by atoms with Gasteiger partial charge in [-0.1, -0.05) is 69.0 Å². The van der Waals surface area contributed by atoms with E-state index < -0.39 is 0 Å². The molecule has 0 unspecified atom stereocenters. The summed E-state index contributed by atoms with van der Waals surface area (Å²) in [5, 5.41) is 2.91. The first-order valence-electron chi connectivity index (χ1n) is 5.97. The lowest BCUT2D eigenvalue weighted by Crippen LogP contribution is -2.29. The molecular formula is C16H18Si. The number of hydrogen-bond acceptors (Lipinski definition) is 0. The fraction of sp³-hybridized carbons (Fsp3) is 0.250. The monoisotopic (exact) mass is 238 g/mol. The summed E-state index contributed by atoms with van der Waals surface area (Å²) in [6.07, 6.45) is 0. The molecule has 86 valence electrons. The quantitative estimate of drug-likeness (QED) is 0.706. The zero-order valence-corrected chi connectivity index (χ0v) is 12.0. The van der Waals surface area contributed by atoms with Crippen LogP contribution in [0.5, 0.6) is 0 Å². The van der Waals surface area contributed by atoms with Gasteiger partial charge in [0.2, 0.25) is 0 Å². The van der Waals surface area contributed by atoms with Crippen molar-refractivity contribution in [2.24, 2.45) is 0 Å². The van der Waals surface area contributed by atoms with Gasteiger partial charge in [0.25, 0.3) is 0 Å². The third-order valence-corrected chi connectivity index (χ3v) is 4.28. The molecule has 0 nitrogen and oxygen atoms in total. The van der Waals surface area contributed by atoms with Crippen molar-refractivity contribution >= 4 is 19.9 Å². The van der Waals surface area contributed by atoms with E-state index in [-0.39, 0.29) is 0 Å². The van der Waals surface area contributed by atoms with E-state index in [1.54, 1.807) is 0 Å². The summed E-state index contributed by atoms with van der Waals surface area (Å²) in [6.45, 7) is 8.70. The molecule has 0 amide bonds. The molecule has 0 bridgehead atoms. The van der Waals surface area contributed by atoms with E-state index in [0.717, 1.165) is 9.52 Å². The van der Waals surface area contributed by atoms with Crippen LogP contribution in [0.15, 0.2) is 36.4 Å². The van der Waals surface area contributed by atoms with Crippen molar-refractivity contribution in [1.82, 2.24) is 0 Å². The first-order chi connectivity index (χ1) is 8.04. The van der Waals surface area contributed by atoms with E-state index >= 15 is 0 Å². The van der Waals surface area contributed by atoms with Crippen LogP contribution in [0.2, 0.25) is 0 Å². The predicted octanol–water partition coefficient (Wildman–Crippen LogP) is 2.58. The Labute approximate surface area is 107 Å². The molecule has 2 radical (unpaired) electrons. The molecule has 2 aromatic rings. The average Bonchev–Trinajstić information content (AvgIpc) is 2.22. The molecule has 0 N–H and O–H groups in total. The fourth-order valence-corrected chi connectivity index (χ4v) is 3.56. The predicted molar refractivity (Wildman–Crippen MR) is 76.9 cm³/mol. The Hall–Kier alpha value is -1.34. The summed E-state index contributed by atoms with van der Waals surface area (Å²) in [4.78, 5) is 0. The lowest BCUT2D eigenvalue weighted by Gasteiger charge is -2.08. The first kappa shape index (κ1) is 12.1. The van der Waals surface area contributed by atoms with E-state index in [9.17, 15) is 0 Å². The number of hydrogen-bond donors (Lipinski definition) is 0. The minimum absolute atomic E-state index is 0.765. The lowest BCUT2D eigenvalue weighted by molar-refractivity contribution is 1.40. The first-order valence-corrected chi connectivity index (χ1v) is 6.97. The molecular weight excluding hydrogens is 220 g/mol. The molecule has 0 aliphatic rings. The Morgan fingerprint density at radius 2 is 1.35 bits per heavy atom. The maximum absolute atomic E-state index is 2.31. The van der Waals surface area contributed by atoms with E-state index in [4.69, 9.17) is 0 Å². The van der Waals surface area contributed by atoms with Crippen LogP contribution in [0.4, 0.5) is 0 Å². The smallest absolute Gasteiger partial charge is 0.0601 e. The van der Waals surface area contributed by atoms with Crippen LogP contribution in [0.1, 0.15) is 22.3 Å². The van der Waals surface area contributed by atoms with Gasteiger partial charge in [-0.2, -0.15) is 0 Å². The number of benzene rings is 2. The Morgan fingerprint density at radius 3 is 2.00 bits per heavy atom. The van der Waals surface area contributed by atoms with Gasteiger partial charge in [0.1, 0.15) is 9.52 Å². The van der Waals surface area contributed by atoms with Crippen LogP contribution in [0, 0.1) is 27.7 Å². The Morgan fingerprint density at radius 1 is 0.706 bits per heavy atom. The number of rotatable bonds is 2. The van der Waals surface area contributed by atoms with Gasteiger partial charge in [-0.3, -0.25) is 0 Å². The molecule has 1 heteroatoms. The van der Waals surface area contributed by atoms with Crippen LogP contribution in [0.3, 0.4) is 0 Å². The van der Waals surface area contributed by atoms with Crippen molar-refractivity contribution in [2.75, 3.05) is 0 Å². The Kier molecular flexibility index (Phi) is 3.48. The van der Waals surface area contributed by atoms with Gasteiger partial charge in [0, 0.05) is 0 Å². The van der Waals surface area contributed by atoms with Gasteiger partial charge in [-0.05, 0) is 27.7 Å². The Bertz CT molecular complexity index is 521. The maximum Gasteiger partial charge on any atom is 0.121 e. The van der Waals surface area contributed by atoms with Crippen molar-refractivity contribution in [3.63, 3.8) is 0 Å². The van der Waals surface area contributed by atoms with Crippen molar-refractivity contribution in [3.05, 3.63) is 58.7 Å². The molecule has 0 spiro atoms. The van der Waals surface area contributed by atoms with Crippen LogP contribution in [-0.4, -0.2) is 9.52 Å². The lowest BCUT2D eigenvalue weighted by atomic mass is 10.2. The van der Waals surface area contributed by atoms with Gasteiger partial charge in [0.05, 0.1) is 0 Å². The fourth-order valence-electron chi connectivity index (χ4n) is 2.07. The van der Waals surface area contributed by atoms with Gasteiger partial charge >= 0.3 is 0 Å². The second-order valence-corrected chi connectivity index (χ2v) is 6.19. The zero-order chi connectivity index (χ0) is 12.4. The summed E-state index contributed by atoms with van der Waals surface area (Å²) in [7, 11) is 0.765. The van der Waals surface area contributed by atoms with E-state index in [0.29, 0.717) is 0 Å². The molecule has 2 rings (SSSR count). The number of aryl methyl sites for hydroxylation is 4. The van der Waals surface area contributed by atoms with Crippen LogP contribution < -0.4 is 10.4 Å². The molecule has 0 heterocycles. The topological polar surface area (TPSA) is 0 Å². The molecule has 0 atom stereocenters. The molecule has 0 saturated heterocycles. The molecule has 17 heavy (non-hydrogen) atoms. The van der Waals surface area contributed by atoms with Crippen molar-refractivity contribution in [1.29, 1.82) is 0 Å². The SMILES string of the molecule is Cc1cc(C)cc([Si]c2cc(C)ccc2C)c1. The molecule has 0 fully saturated rings. The molecule has 0 aliphatic carbocycles. The second-order valence-electron chi connectivity index (χ2n) is 4.82. The van der Waals surface area contributed by atoms with Crippen LogP contribution >= 0.6 is 0 Å². The highest BCUT2D eigenvalue weighted by atomic mass is 28.2. The van der Waals surface area contributed by atoms with Gasteiger partial charge in [0.15, 0.2) is 0 Å². The van der Waals surface area contributed by atoms with E-state index in [1.807, 2.05) is 0 Å². The highest BCUT2D eigenvalue weighted by Gasteiger charge is 2.03. The second kappa shape index (κ2) is 4.88. The largest absolute Gasteiger partial charge is 0.121 e. The standard InChI is InChI=1S/C16H18Si/c1-11-5-6-14(4)16(10-11)17-15-8-12(2)7-13(3)9-15/h5-10H,1-4H3. The van der Waals surface area contributed by atoms with Gasteiger partial charge in [-0.25, -0.2) is 0 Å². The minimum atomic E-state index is 0.765. The highest BCUT2D eigenvalue weighted by Crippen LogP contribution is 2.02. The van der Waals surface area contributed by atoms with E-state index in [2.05, 4.69) is 64.1 Å². The van der Waals surface area contributed by atoms with Crippen LogP contribution in [0.25, 0.3) is 0 Å². The zero-order valence-electron chi connectivity index (χ0n) is 11.0. The summed E-state index contributed by atoms with van der Waals surface area (Å²) >= 11 is 0. The summed E-state index contributed by atoms with van der Waals surface area (Å²) in [5.74, 6) is 0. The summed E-state index contributed by atoms with van der Waals surface area (Å²) < 4.78 is 0. The minimum Gasteiger partial charge on any atom is -0.0601 e.